The Morgan fingerprint density at radius 1 is 1.44 bits per heavy atom. The second-order valence-electron chi connectivity index (χ2n) is 6.43. The first-order chi connectivity index (χ1) is 11.8. The SMILES string of the molecule is CC(C)(C)OC(=O)NC/C(=C/F)COc1ccc2c(c1)COC(=O)N2. The average molecular weight is 352 g/mol. The Bertz CT molecular complexity index is 682. The summed E-state index contributed by atoms with van der Waals surface area (Å²) in [5.41, 5.74) is 1.03. The van der Waals surface area contributed by atoms with Crippen molar-refractivity contribution in [1.82, 2.24) is 5.32 Å². The Kier molecular flexibility index (Phi) is 5.84. The number of nitrogens with one attached hydrogen (secondary N) is 2. The number of amides is 2. The van der Waals surface area contributed by atoms with E-state index < -0.39 is 17.8 Å². The van der Waals surface area contributed by atoms with E-state index in [1.54, 1.807) is 39.0 Å². The highest BCUT2D eigenvalue weighted by Crippen LogP contribution is 2.26. The van der Waals surface area contributed by atoms with E-state index in [1.807, 2.05) is 0 Å². The lowest BCUT2D eigenvalue weighted by atomic mass is 10.1. The van der Waals surface area contributed by atoms with Crippen LogP contribution in [-0.4, -0.2) is 30.9 Å². The Labute approximate surface area is 145 Å². The van der Waals surface area contributed by atoms with Crippen LogP contribution < -0.4 is 15.4 Å². The summed E-state index contributed by atoms with van der Waals surface area (Å²) in [5, 5.41) is 5.03. The number of hydrogen-bond donors (Lipinski definition) is 2. The number of rotatable bonds is 5. The molecule has 2 rings (SSSR count). The second kappa shape index (κ2) is 7.87. The highest BCUT2D eigenvalue weighted by atomic mass is 19.1. The van der Waals surface area contributed by atoms with Crippen molar-refractivity contribution in [3.05, 3.63) is 35.7 Å². The van der Waals surface area contributed by atoms with Crippen molar-refractivity contribution in [3.8, 4) is 5.75 Å². The van der Waals surface area contributed by atoms with E-state index in [1.165, 1.54) is 0 Å². The van der Waals surface area contributed by atoms with Gasteiger partial charge in [-0.05, 0) is 39.0 Å². The predicted octanol–water partition coefficient (Wildman–Crippen LogP) is 3.51. The van der Waals surface area contributed by atoms with E-state index in [0.717, 1.165) is 5.56 Å². The molecule has 1 aliphatic heterocycles. The number of alkyl carbamates (subject to hydrolysis) is 1. The van der Waals surface area contributed by atoms with Gasteiger partial charge in [-0.2, -0.15) is 0 Å². The average Bonchev–Trinajstić information content (AvgIpc) is 2.53. The summed E-state index contributed by atoms with van der Waals surface area (Å²) < 4.78 is 28.4. The first kappa shape index (κ1) is 18.6. The maximum atomic E-state index is 13.0. The van der Waals surface area contributed by atoms with Crippen LogP contribution in [0.1, 0.15) is 26.3 Å². The van der Waals surface area contributed by atoms with Crippen LogP contribution in [0.3, 0.4) is 0 Å². The molecule has 0 atom stereocenters. The molecule has 1 aromatic carbocycles. The van der Waals surface area contributed by atoms with Gasteiger partial charge in [-0.25, -0.2) is 14.0 Å². The van der Waals surface area contributed by atoms with Crippen LogP contribution in [0.25, 0.3) is 0 Å². The molecular formula is C17H21FN2O5. The van der Waals surface area contributed by atoms with Crippen LogP contribution in [0, 0.1) is 0 Å². The molecule has 0 radical (unpaired) electrons. The molecule has 0 spiro atoms. The van der Waals surface area contributed by atoms with E-state index >= 15 is 0 Å². The Hall–Kier alpha value is -2.77. The van der Waals surface area contributed by atoms with Gasteiger partial charge in [-0.1, -0.05) is 0 Å². The molecule has 25 heavy (non-hydrogen) atoms. The molecule has 7 nitrogen and oxygen atoms in total. The van der Waals surface area contributed by atoms with Crippen molar-refractivity contribution in [1.29, 1.82) is 0 Å². The van der Waals surface area contributed by atoms with Crippen LogP contribution in [0.2, 0.25) is 0 Å². The third-order valence-corrected chi connectivity index (χ3v) is 3.11. The fourth-order valence-corrected chi connectivity index (χ4v) is 1.99. The fourth-order valence-electron chi connectivity index (χ4n) is 1.99. The number of ether oxygens (including phenoxy) is 3. The number of cyclic esters (lactones) is 1. The summed E-state index contributed by atoms with van der Waals surface area (Å²) in [6.07, 6.45) is -0.746. The number of halogens is 1. The smallest absolute Gasteiger partial charge is 0.411 e. The van der Waals surface area contributed by atoms with Gasteiger partial charge in [-0.15, -0.1) is 0 Å². The van der Waals surface area contributed by atoms with E-state index in [0.29, 0.717) is 17.8 Å². The molecule has 1 aromatic rings. The largest absolute Gasteiger partial charge is 0.489 e. The zero-order valence-electron chi connectivity index (χ0n) is 14.3. The maximum Gasteiger partial charge on any atom is 0.411 e. The van der Waals surface area contributed by atoms with E-state index in [4.69, 9.17) is 14.2 Å². The third kappa shape index (κ3) is 5.98. The van der Waals surface area contributed by atoms with Gasteiger partial charge in [0.2, 0.25) is 0 Å². The number of hydrogen-bond acceptors (Lipinski definition) is 5. The first-order valence-corrected chi connectivity index (χ1v) is 7.71. The van der Waals surface area contributed by atoms with Crippen molar-refractivity contribution < 1.29 is 28.2 Å². The minimum atomic E-state index is -0.631. The zero-order valence-corrected chi connectivity index (χ0v) is 14.3. The minimum Gasteiger partial charge on any atom is -0.489 e. The van der Waals surface area contributed by atoms with Crippen LogP contribution in [-0.2, 0) is 16.1 Å². The normalized spacial score (nSPS) is 14.1. The van der Waals surface area contributed by atoms with Crippen molar-refractivity contribution in [3.63, 3.8) is 0 Å². The minimum absolute atomic E-state index is 0.0322. The monoisotopic (exact) mass is 352 g/mol. The number of carbonyl (C=O) groups excluding carboxylic acids is 2. The summed E-state index contributed by atoms with van der Waals surface area (Å²) in [4.78, 5) is 22.7. The molecule has 0 unspecified atom stereocenters. The van der Waals surface area contributed by atoms with Crippen LogP contribution in [0.15, 0.2) is 30.1 Å². The van der Waals surface area contributed by atoms with Gasteiger partial charge in [-0.3, -0.25) is 5.32 Å². The topological polar surface area (TPSA) is 85.9 Å². The molecule has 2 amide bonds. The van der Waals surface area contributed by atoms with Crippen LogP contribution >= 0.6 is 0 Å². The molecule has 0 fully saturated rings. The van der Waals surface area contributed by atoms with E-state index in [9.17, 15) is 14.0 Å². The third-order valence-electron chi connectivity index (χ3n) is 3.11. The molecule has 0 aromatic heterocycles. The molecule has 0 aliphatic carbocycles. The molecule has 8 heteroatoms. The number of benzene rings is 1. The van der Waals surface area contributed by atoms with Crippen molar-refractivity contribution >= 4 is 17.9 Å². The lowest BCUT2D eigenvalue weighted by molar-refractivity contribution is 0.0531. The van der Waals surface area contributed by atoms with E-state index in [2.05, 4.69) is 10.6 Å². The predicted molar refractivity (Wildman–Crippen MR) is 89.2 cm³/mol. The van der Waals surface area contributed by atoms with Crippen molar-refractivity contribution in [2.45, 2.75) is 33.0 Å². The van der Waals surface area contributed by atoms with Gasteiger partial charge in [0.05, 0.1) is 12.0 Å². The van der Waals surface area contributed by atoms with Crippen LogP contribution in [0.5, 0.6) is 5.75 Å². The first-order valence-electron chi connectivity index (χ1n) is 7.71. The Morgan fingerprint density at radius 3 is 2.88 bits per heavy atom. The molecule has 0 bridgehead atoms. The summed E-state index contributed by atoms with van der Waals surface area (Å²) in [6.45, 7) is 5.29. The second-order valence-corrected chi connectivity index (χ2v) is 6.43. The molecule has 1 heterocycles. The van der Waals surface area contributed by atoms with Gasteiger partial charge in [0.1, 0.15) is 24.6 Å². The number of fused-ring (bicyclic) bond motifs is 1. The molecule has 136 valence electrons. The van der Waals surface area contributed by atoms with Gasteiger partial charge in [0, 0.05) is 17.7 Å². The highest BCUT2D eigenvalue weighted by molar-refractivity contribution is 5.87. The van der Waals surface area contributed by atoms with Gasteiger partial charge >= 0.3 is 12.2 Å². The summed E-state index contributed by atoms with van der Waals surface area (Å²) in [5.74, 6) is 0.495. The standard InChI is InChI=1S/C17H21FN2O5/c1-17(2,3)25-15(21)19-8-11(7-18)9-23-13-4-5-14-12(6-13)10-24-16(22)20-14/h4-7H,8-10H2,1-3H3,(H,19,21)(H,20,22)/b11-7-. The molecule has 2 N–H and O–H groups in total. The maximum absolute atomic E-state index is 13.0. The lowest BCUT2D eigenvalue weighted by Crippen LogP contribution is -2.34. The molecular weight excluding hydrogens is 331 g/mol. The zero-order chi connectivity index (χ0) is 18.4. The highest BCUT2D eigenvalue weighted by Gasteiger charge is 2.17. The lowest BCUT2D eigenvalue weighted by Gasteiger charge is -2.20. The number of carbonyl (C=O) groups is 2. The summed E-state index contributed by atoms with van der Waals surface area (Å²) in [7, 11) is 0. The van der Waals surface area contributed by atoms with Gasteiger partial charge in [0.15, 0.2) is 0 Å². The fraction of sp³-hybridized carbons (Fsp3) is 0.412. The molecule has 0 saturated heterocycles. The van der Waals surface area contributed by atoms with E-state index in [-0.39, 0.29) is 25.3 Å². The number of anilines is 1. The van der Waals surface area contributed by atoms with Crippen molar-refractivity contribution in [2.75, 3.05) is 18.5 Å². The van der Waals surface area contributed by atoms with Gasteiger partial charge < -0.3 is 19.5 Å². The molecule has 1 aliphatic rings. The molecule has 0 saturated carbocycles. The summed E-state index contributed by atoms with van der Waals surface area (Å²) >= 11 is 0. The Balaban J connectivity index is 1.85. The summed E-state index contributed by atoms with van der Waals surface area (Å²) in [6, 6.07) is 5.04. The Morgan fingerprint density at radius 2 is 2.20 bits per heavy atom. The van der Waals surface area contributed by atoms with Gasteiger partial charge in [0.25, 0.3) is 0 Å². The van der Waals surface area contributed by atoms with Crippen molar-refractivity contribution in [2.24, 2.45) is 0 Å². The van der Waals surface area contributed by atoms with Crippen LogP contribution in [0.4, 0.5) is 19.7 Å². The quantitative estimate of drug-likeness (QED) is 0.847.